The van der Waals surface area contributed by atoms with E-state index in [0.717, 1.165) is 11.3 Å². The molecule has 0 spiro atoms. The van der Waals surface area contributed by atoms with Crippen LogP contribution in [0.3, 0.4) is 0 Å². The van der Waals surface area contributed by atoms with Crippen molar-refractivity contribution in [3.05, 3.63) is 53.5 Å². The van der Waals surface area contributed by atoms with Gasteiger partial charge in [0.25, 0.3) is 5.91 Å². The molecule has 1 atom stereocenters. The summed E-state index contributed by atoms with van der Waals surface area (Å²) in [5.74, 6) is 0.0987. The fraction of sp³-hybridized carbons (Fsp3) is 0.333. The zero-order chi connectivity index (χ0) is 17.5. The molecule has 0 bridgehead atoms. The first-order valence-corrected chi connectivity index (χ1v) is 7.84. The zero-order valence-corrected chi connectivity index (χ0v) is 13.9. The third-order valence-corrected chi connectivity index (χ3v) is 3.73. The summed E-state index contributed by atoms with van der Waals surface area (Å²) in [4.78, 5) is 23.7. The maximum Gasteiger partial charge on any atom is 0.254 e. The van der Waals surface area contributed by atoms with Gasteiger partial charge in [-0.25, -0.2) is 0 Å². The smallest absolute Gasteiger partial charge is 0.254 e. The summed E-state index contributed by atoms with van der Waals surface area (Å²) in [5.41, 5.74) is 6.88. The van der Waals surface area contributed by atoms with Crippen LogP contribution < -0.4 is 15.8 Å². The molecule has 6 nitrogen and oxygen atoms in total. The summed E-state index contributed by atoms with van der Waals surface area (Å²) >= 11 is 0. The molecule has 2 amide bonds. The summed E-state index contributed by atoms with van der Waals surface area (Å²) in [6.45, 7) is 4.40. The lowest BCUT2D eigenvalue weighted by molar-refractivity contribution is -0.121. The molecule has 0 saturated carbocycles. The highest BCUT2D eigenvalue weighted by molar-refractivity contribution is 5.95. The van der Waals surface area contributed by atoms with Crippen LogP contribution in [-0.4, -0.2) is 25.0 Å². The largest absolute Gasteiger partial charge is 0.494 e. The van der Waals surface area contributed by atoms with Gasteiger partial charge in [-0.15, -0.1) is 0 Å². The molecule has 6 heteroatoms. The van der Waals surface area contributed by atoms with Gasteiger partial charge >= 0.3 is 0 Å². The number of primary amides is 1. The van der Waals surface area contributed by atoms with Crippen molar-refractivity contribution in [1.29, 1.82) is 0 Å². The number of benzene rings is 1. The van der Waals surface area contributed by atoms with E-state index in [1.54, 1.807) is 13.0 Å². The van der Waals surface area contributed by atoms with E-state index in [9.17, 15) is 9.59 Å². The lowest BCUT2D eigenvalue weighted by atomic mass is 9.98. The van der Waals surface area contributed by atoms with Crippen LogP contribution in [0.1, 0.15) is 28.6 Å². The number of furan rings is 1. The molecule has 0 fully saturated rings. The van der Waals surface area contributed by atoms with Gasteiger partial charge in [0.05, 0.1) is 24.4 Å². The molecular weight excluding hydrogens is 308 g/mol. The second kappa shape index (κ2) is 8.19. The molecule has 1 heterocycles. The van der Waals surface area contributed by atoms with Crippen molar-refractivity contribution in [2.75, 3.05) is 13.2 Å². The molecule has 0 aliphatic heterocycles. The highest BCUT2D eigenvalue weighted by Crippen LogP contribution is 2.15. The summed E-state index contributed by atoms with van der Waals surface area (Å²) in [5, 5.41) is 2.73. The van der Waals surface area contributed by atoms with Crippen LogP contribution in [0.5, 0.6) is 5.75 Å². The Morgan fingerprint density at radius 1 is 1.25 bits per heavy atom. The van der Waals surface area contributed by atoms with Crippen LogP contribution in [0, 0.1) is 12.8 Å². The minimum atomic E-state index is -0.487. The number of carbonyl (C=O) groups excluding carboxylic acids is 2. The fourth-order valence-electron chi connectivity index (χ4n) is 2.38. The van der Waals surface area contributed by atoms with E-state index in [4.69, 9.17) is 14.9 Å². The Morgan fingerprint density at radius 3 is 2.50 bits per heavy atom. The molecule has 1 aromatic carbocycles. The van der Waals surface area contributed by atoms with E-state index >= 15 is 0 Å². The standard InChI is InChI=1S/C18H22N2O4/c1-3-23-15-6-4-13(5-7-15)10-14(17(19)21)11-20-18(22)16-8-9-24-12(16)2/h4-9,14H,3,10-11H2,1-2H3,(H2,19,21)(H,20,22)/t14-/m0/s1. The number of aryl methyl sites for hydroxylation is 1. The number of nitrogens with two attached hydrogens (primary N) is 1. The Bertz CT molecular complexity index is 691. The van der Waals surface area contributed by atoms with E-state index < -0.39 is 11.8 Å². The van der Waals surface area contributed by atoms with E-state index in [-0.39, 0.29) is 12.5 Å². The van der Waals surface area contributed by atoms with Gasteiger partial charge in [0.1, 0.15) is 11.5 Å². The van der Waals surface area contributed by atoms with Crippen LogP contribution in [0.25, 0.3) is 0 Å². The average Bonchev–Trinajstić information content (AvgIpc) is 2.99. The molecule has 2 rings (SSSR count). The maximum absolute atomic E-state index is 12.1. The minimum absolute atomic E-state index is 0.173. The number of rotatable bonds is 8. The SMILES string of the molecule is CCOc1ccc(C[C@@H](CNC(=O)c2ccoc2C)C(N)=O)cc1. The molecule has 3 N–H and O–H groups in total. The molecule has 1 aromatic heterocycles. The van der Waals surface area contributed by atoms with Crippen LogP contribution in [0.15, 0.2) is 41.0 Å². The van der Waals surface area contributed by atoms with Crippen molar-refractivity contribution in [1.82, 2.24) is 5.32 Å². The van der Waals surface area contributed by atoms with Crippen molar-refractivity contribution in [2.24, 2.45) is 11.7 Å². The van der Waals surface area contributed by atoms with E-state index in [2.05, 4.69) is 5.32 Å². The summed E-state index contributed by atoms with van der Waals surface area (Å²) < 4.78 is 10.5. The predicted octanol–water partition coefficient (Wildman–Crippen LogP) is 2.06. The Labute approximate surface area is 141 Å². The summed E-state index contributed by atoms with van der Waals surface area (Å²) in [6, 6.07) is 9.08. The fourth-order valence-corrected chi connectivity index (χ4v) is 2.38. The Kier molecular flexibility index (Phi) is 6.01. The van der Waals surface area contributed by atoms with Crippen molar-refractivity contribution in [3.63, 3.8) is 0 Å². The molecule has 0 radical (unpaired) electrons. The van der Waals surface area contributed by atoms with Crippen molar-refractivity contribution < 1.29 is 18.7 Å². The van der Waals surface area contributed by atoms with Gasteiger partial charge in [-0.2, -0.15) is 0 Å². The predicted molar refractivity (Wildman–Crippen MR) is 89.8 cm³/mol. The third-order valence-electron chi connectivity index (χ3n) is 3.73. The van der Waals surface area contributed by atoms with E-state index in [0.29, 0.717) is 24.4 Å². The minimum Gasteiger partial charge on any atom is -0.494 e. The molecular formula is C18H22N2O4. The van der Waals surface area contributed by atoms with Gasteiger partial charge in [0.15, 0.2) is 0 Å². The molecule has 2 aromatic rings. The first-order chi connectivity index (χ1) is 11.5. The number of nitrogens with one attached hydrogen (secondary N) is 1. The highest BCUT2D eigenvalue weighted by Gasteiger charge is 2.19. The number of hydrogen-bond donors (Lipinski definition) is 2. The van der Waals surface area contributed by atoms with Crippen LogP contribution in [0.4, 0.5) is 0 Å². The molecule has 0 aliphatic carbocycles. The van der Waals surface area contributed by atoms with E-state index in [1.807, 2.05) is 31.2 Å². The maximum atomic E-state index is 12.1. The second-order valence-corrected chi connectivity index (χ2v) is 5.48. The van der Waals surface area contributed by atoms with Gasteiger partial charge in [-0.1, -0.05) is 12.1 Å². The Hall–Kier alpha value is -2.76. The Morgan fingerprint density at radius 2 is 1.96 bits per heavy atom. The molecule has 128 valence electrons. The topological polar surface area (TPSA) is 94.6 Å². The number of amides is 2. The van der Waals surface area contributed by atoms with Gasteiger partial charge in [0, 0.05) is 6.54 Å². The van der Waals surface area contributed by atoms with Crippen molar-refractivity contribution in [3.8, 4) is 5.75 Å². The molecule has 0 aliphatic rings. The monoisotopic (exact) mass is 330 g/mol. The lowest BCUT2D eigenvalue weighted by Crippen LogP contribution is -2.37. The van der Waals surface area contributed by atoms with Gasteiger partial charge in [-0.05, 0) is 44.0 Å². The zero-order valence-electron chi connectivity index (χ0n) is 13.9. The Balaban J connectivity index is 1.95. The van der Waals surface area contributed by atoms with Crippen LogP contribution in [0.2, 0.25) is 0 Å². The molecule has 0 unspecified atom stereocenters. The number of carbonyl (C=O) groups is 2. The first kappa shape index (κ1) is 17.6. The number of ether oxygens (including phenoxy) is 1. The summed E-state index contributed by atoms with van der Waals surface area (Å²) in [7, 11) is 0. The second-order valence-electron chi connectivity index (χ2n) is 5.48. The molecule has 24 heavy (non-hydrogen) atoms. The number of hydrogen-bond acceptors (Lipinski definition) is 4. The van der Waals surface area contributed by atoms with Gasteiger partial charge in [-0.3, -0.25) is 9.59 Å². The van der Waals surface area contributed by atoms with Crippen LogP contribution >= 0.6 is 0 Å². The van der Waals surface area contributed by atoms with Crippen molar-refractivity contribution in [2.45, 2.75) is 20.3 Å². The van der Waals surface area contributed by atoms with Gasteiger partial charge < -0.3 is 20.2 Å². The van der Waals surface area contributed by atoms with Crippen LogP contribution in [-0.2, 0) is 11.2 Å². The normalized spacial score (nSPS) is 11.8. The van der Waals surface area contributed by atoms with E-state index in [1.165, 1.54) is 6.26 Å². The van der Waals surface area contributed by atoms with Gasteiger partial charge in [0.2, 0.25) is 5.91 Å². The first-order valence-electron chi connectivity index (χ1n) is 7.84. The third kappa shape index (κ3) is 4.62. The lowest BCUT2D eigenvalue weighted by Gasteiger charge is -2.15. The average molecular weight is 330 g/mol. The summed E-state index contributed by atoms with van der Waals surface area (Å²) in [6.07, 6.45) is 1.90. The molecule has 0 saturated heterocycles. The van der Waals surface area contributed by atoms with Crippen molar-refractivity contribution >= 4 is 11.8 Å². The quantitative estimate of drug-likeness (QED) is 0.774. The highest BCUT2D eigenvalue weighted by atomic mass is 16.5.